The summed E-state index contributed by atoms with van der Waals surface area (Å²) in [5.74, 6) is 0. The first-order valence-electron chi connectivity index (χ1n) is 4.62. The largest absolute Gasteiger partial charge is 0.378 e. The summed E-state index contributed by atoms with van der Waals surface area (Å²) < 4.78 is 5.58. The van der Waals surface area contributed by atoms with Gasteiger partial charge in [-0.3, -0.25) is 0 Å². The molecule has 1 heterocycles. The molecule has 0 saturated heterocycles. The van der Waals surface area contributed by atoms with Gasteiger partial charge in [0.15, 0.2) is 0 Å². The van der Waals surface area contributed by atoms with E-state index in [1.807, 2.05) is 6.07 Å². The number of nitrogens with one attached hydrogen (secondary N) is 1. The van der Waals surface area contributed by atoms with Crippen LogP contribution < -0.4 is 5.32 Å². The Morgan fingerprint density at radius 3 is 2.94 bits per heavy atom. The molecule has 0 radical (unpaired) electrons. The average molecular weight is 278 g/mol. The molecule has 0 bridgehead atoms. The zero-order chi connectivity index (χ0) is 11.4. The predicted octanol–water partition coefficient (Wildman–Crippen LogP) is 2.92. The predicted molar refractivity (Wildman–Crippen MR) is 62.7 cm³/mol. The van der Waals surface area contributed by atoms with Crippen molar-refractivity contribution in [1.82, 2.24) is 5.16 Å². The van der Waals surface area contributed by atoms with E-state index in [0.29, 0.717) is 12.1 Å². The number of aromatic nitrogens is 1. The SMILES string of the molecule is N#Cc1ccc(NCc2ccon2)c(Br)c1. The van der Waals surface area contributed by atoms with Crippen molar-refractivity contribution in [2.45, 2.75) is 6.54 Å². The zero-order valence-corrected chi connectivity index (χ0v) is 9.86. The van der Waals surface area contributed by atoms with Crippen LogP contribution in [0, 0.1) is 11.3 Å². The molecular weight excluding hydrogens is 270 g/mol. The van der Waals surface area contributed by atoms with E-state index in [2.05, 4.69) is 32.5 Å². The maximum atomic E-state index is 8.72. The first-order chi connectivity index (χ1) is 7.79. The minimum Gasteiger partial charge on any atom is -0.378 e. The van der Waals surface area contributed by atoms with Crippen LogP contribution in [0.2, 0.25) is 0 Å². The van der Waals surface area contributed by atoms with Crippen LogP contribution >= 0.6 is 15.9 Å². The molecule has 4 nitrogen and oxygen atoms in total. The van der Waals surface area contributed by atoms with Crippen molar-refractivity contribution < 1.29 is 4.52 Å². The van der Waals surface area contributed by atoms with Gasteiger partial charge in [-0.05, 0) is 34.1 Å². The van der Waals surface area contributed by atoms with Crippen molar-refractivity contribution in [1.29, 1.82) is 5.26 Å². The molecule has 0 spiro atoms. The molecule has 0 saturated carbocycles. The molecule has 0 unspecified atom stereocenters. The summed E-state index contributed by atoms with van der Waals surface area (Å²) in [4.78, 5) is 0. The molecule has 0 fully saturated rings. The fraction of sp³-hybridized carbons (Fsp3) is 0.0909. The van der Waals surface area contributed by atoms with Crippen LogP contribution in [0.25, 0.3) is 0 Å². The zero-order valence-electron chi connectivity index (χ0n) is 8.27. The van der Waals surface area contributed by atoms with Crippen molar-refractivity contribution >= 4 is 21.6 Å². The van der Waals surface area contributed by atoms with Crippen LogP contribution in [0.5, 0.6) is 0 Å². The lowest BCUT2D eigenvalue weighted by Crippen LogP contribution is -2.00. The van der Waals surface area contributed by atoms with Gasteiger partial charge in [0.05, 0.1) is 18.2 Å². The normalized spacial score (nSPS) is 9.75. The van der Waals surface area contributed by atoms with E-state index in [4.69, 9.17) is 9.78 Å². The van der Waals surface area contributed by atoms with Gasteiger partial charge in [0, 0.05) is 16.2 Å². The van der Waals surface area contributed by atoms with E-state index < -0.39 is 0 Å². The Morgan fingerprint density at radius 2 is 2.31 bits per heavy atom. The first kappa shape index (κ1) is 10.7. The number of benzene rings is 1. The van der Waals surface area contributed by atoms with Crippen LogP contribution in [-0.4, -0.2) is 5.16 Å². The fourth-order valence-electron chi connectivity index (χ4n) is 1.24. The highest BCUT2D eigenvalue weighted by Crippen LogP contribution is 2.23. The molecule has 1 N–H and O–H groups in total. The molecule has 0 amide bonds. The Morgan fingerprint density at radius 1 is 1.44 bits per heavy atom. The van der Waals surface area contributed by atoms with Crippen LogP contribution in [0.1, 0.15) is 11.3 Å². The summed E-state index contributed by atoms with van der Waals surface area (Å²) in [7, 11) is 0. The summed E-state index contributed by atoms with van der Waals surface area (Å²) in [5.41, 5.74) is 2.37. The van der Waals surface area contributed by atoms with E-state index in [1.54, 1.807) is 18.2 Å². The molecule has 0 aliphatic carbocycles. The number of nitrogens with zero attached hydrogens (tertiary/aromatic N) is 2. The van der Waals surface area contributed by atoms with Crippen molar-refractivity contribution in [2.75, 3.05) is 5.32 Å². The molecule has 1 aromatic heterocycles. The van der Waals surface area contributed by atoms with Gasteiger partial charge in [-0.15, -0.1) is 0 Å². The van der Waals surface area contributed by atoms with Gasteiger partial charge in [0.1, 0.15) is 12.0 Å². The second kappa shape index (κ2) is 4.81. The lowest BCUT2D eigenvalue weighted by molar-refractivity contribution is 0.412. The molecule has 2 rings (SSSR count). The minimum atomic E-state index is 0.584. The van der Waals surface area contributed by atoms with Gasteiger partial charge in [0.2, 0.25) is 0 Å². The first-order valence-corrected chi connectivity index (χ1v) is 5.41. The van der Waals surface area contributed by atoms with Gasteiger partial charge in [-0.25, -0.2) is 0 Å². The van der Waals surface area contributed by atoms with Crippen molar-refractivity contribution in [3.63, 3.8) is 0 Å². The Bertz CT molecular complexity index is 517. The van der Waals surface area contributed by atoms with Crippen LogP contribution in [0.15, 0.2) is 39.5 Å². The summed E-state index contributed by atoms with van der Waals surface area (Å²) >= 11 is 3.39. The van der Waals surface area contributed by atoms with E-state index in [1.165, 1.54) is 6.26 Å². The number of nitriles is 1. The quantitative estimate of drug-likeness (QED) is 0.937. The van der Waals surface area contributed by atoms with Crippen molar-refractivity contribution in [2.24, 2.45) is 0 Å². The average Bonchev–Trinajstić information content (AvgIpc) is 2.80. The Balaban J connectivity index is 2.08. The maximum absolute atomic E-state index is 8.72. The van der Waals surface area contributed by atoms with E-state index in [0.717, 1.165) is 15.9 Å². The molecule has 80 valence electrons. The lowest BCUT2D eigenvalue weighted by Gasteiger charge is -2.06. The Hall–Kier alpha value is -1.80. The molecule has 0 aliphatic heterocycles. The summed E-state index contributed by atoms with van der Waals surface area (Å²) in [6, 6.07) is 9.25. The van der Waals surface area contributed by atoms with Crippen LogP contribution in [0.3, 0.4) is 0 Å². The smallest absolute Gasteiger partial charge is 0.124 e. The second-order valence-corrected chi connectivity index (χ2v) is 4.01. The number of rotatable bonds is 3. The van der Waals surface area contributed by atoms with E-state index >= 15 is 0 Å². The fourth-order valence-corrected chi connectivity index (χ4v) is 1.76. The van der Waals surface area contributed by atoms with Crippen molar-refractivity contribution in [3.05, 3.63) is 46.3 Å². The van der Waals surface area contributed by atoms with Gasteiger partial charge in [-0.1, -0.05) is 5.16 Å². The molecule has 2 aromatic rings. The minimum absolute atomic E-state index is 0.584. The lowest BCUT2D eigenvalue weighted by atomic mass is 10.2. The Kier molecular flexibility index (Phi) is 3.22. The van der Waals surface area contributed by atoms with Gasteiger partial charge >= 0.3 is 0 Å². The van der Waals surface area contributed by atoms with Crippen LogP contribution in [0.4, 0.5) is 5.69 Å². The standard InChI is InChI=1S/C11H8BrN3O/c12-10-5-8(6-13)1-2-11(10)14-7-9-3-4-16-15-9/h1-5,14H,7H2. The molecule has 0 aliphatic rings. The molecule has 1 aromatic carbocycles. The number of halogens is 1. The third-order valence-electron chi connectivity index (χ3n) is 2.05. The number of hydrogen-bond acceptors (Lipinski definition) is 4. The highest BCUT2D eigenvalue weighted by atomic mass is 79.9. The summed E-state index contributed by atoms with van der Waals surface area (Å²) in [5, 5.41) is 15.7. The third-order valence-corrected chi connectivity index (χ3v) is 2.71. The Labute approximate surface area is 101 Å². The molecule has 5 heteroatoms. The molecular formula is C11H8BrN3O. The van der Waals surface area contributed by atoms with Gasteiger partial charge < -0.3 is 9.84 Å². The number of anilines is 1. The second-order valence-electron chi connectivity index (χ2n) is 3.15. The summed E-state index contributed by atoms with van der Waals surface area (Å²) in [6.07, 6.45) is 1.53. The van der Waals surface area contributed by atoms with Crippen molar-refractivity contribution in [3.8, 4) is 6.07 Å². The van der Waals surface area contributed by atoms with E-state index in [9.17, 15) is 0 Å². The number of hydrogen-bond donors (Lipinski definition) is 1. The summed E-state index contributed by atoms with van der Waals surface area (Å²) in [6.45, 7) is 0.584. The van der Waals surface area contributed by atoms with E-state index in [-0.39, 0.29) is 0 Å². The maximum Gasteiger partial charge on any atom is 0.124 e. The van der Waals surface area contributed by atoms with Gasteiger partial charge in [0.25, 0.3) is 0 Å². The molecule has 0 atom stereocenters. The van der Waals surface area contributed by atoms with Gasteiger partial charge in [-0.2, -0.15) is 5.26 Å². The highest BCUT2D eigenvalue weighted by molar-refractivity contribution is 9.10. The van der Waals surface area contributed by atoms with Crippen LogP contribution in [-0.2, 0) is 6.54 Å². The monoisotopic (exact) mass is 277 g/mol. The molecule has 16 heavy (non-hydrogen) atoms. The highest BCUT2D eigenvalue weighted by Gasteiger charge is 2.02. The third kappa shape index (κ3) is 2.41. The topological polar surface area (TPSA) is 61.9 Å².